The maximum absolute atomic E-state index is 14.0. The Bertz CT molecular complexity index is 1270. The molecule has 7 heteroatoms. The predicted octanol–water partition coefficient (Wildman–Crippen LogP) is 4.63. The number of nitrogens with zero attached hydrogens (tertiary/aromatic N) is 1. The molecule has 2 N–H and O–H groups in total. The molecule has 4 rings (SSSR count). The van der Waals surface area contributed by atoms with Crippen LogP contribution in [0.3, 0.4) is 0 Å². The van der Waals surface area contributed by atoms with Gasteiger partial charge in [-0.1, -0.05) is 60.7 Å². The standard InChI is InChI=1S/C23H15F2N3O2/c24-16-11-12-18(17(25)13-16)26-22(29)20-19(14-7-3-1-4-8-14)21(27-28-23(20)30)15-9-5-2-6-10-15/h1-13H,(H,26,29)(H,28,30). The van der Waals surface area contributed by atoms with E-state index in [4.69, 9.17) is 0 Å². The summed E-state index contributed by atoms with van der Waals surface area (Å²) in [5.41, 5.74) is 0.802. The lowest BCUT2D eigenvalue weighted by Gasteiger charge is -2.14. The lowest BCUT2D eigenvalue weighted by molar-refractivity contribution is 0.102. The van der Waals surface area contributed by atoms with E-state index >= 15 is 0 Å². The Hall–Kier alpha value is -4.13. The fourth-order valence-corrected chi connectivity index (χ4v) is 3.13. The number of carbonyl (C=O) groups is 1. The van der Waals surface area contributed by atoms with Crippen LogP contribution in [-0.4, -0.2) is 16.1 Å². The van der Waals surface area contributed by atoms with Gasteiger partial charge in [-0.15, -0.1) is 0 Å². The highest BCUT2D eigenvalue weighted by Gasteiger charge is 2.23. The minimum absolute atomic E-state index is 0.223. The fraction of sp³-hybridized carbons (Fsp3) is 0. The van der Waals surface area contributed by atoms with Crippen LogP contribution < -0.4 is 10.9 Å². The zero-order chi connectivity index (χ0) is 21.1. The first-order valence-electron chi connectivity index (χ1n) is 9.04. The number of hydrogen-bond acceptors (Lipinski definition) is 3. The number of benzene rings is 3. The smallest absolute Gasteiger partial charge is 0.277 e. The molecule has 0 fully saturated rings. The molecule has 0 saturated carbocycles. The molecule has 0 aliphatic rings. The molecule has 0 atom stereocenters. The summed E-state index contributed by atoms with van der Waals surface area (Å²) in [7, 11) is 0. The first-order chi connectivity index (χ1) is 14.5. The number of H-pyrrole nitrogens is 1. The van der Waals surface area contributed by atoms with Crippen molar-refractivity contribution in [1.82, 2.24) is 10.2 Å². The highest BCUT2D eigenvalue weighted by Crippen LogP contribution is 2.32. The molecule has 1 heterocycles. The van der Waals surface area contributed by atoms with E-state index in [1.807, 2.05) is 18.2 Å². The molecule has 30 heavy (non-hydrogen) atoms. The highest BCUT2D eigenvalue weighted by molar-refractivity contribution is 6.10. The molecular weight excluding hydrogens is 388 g/mol. The lowest BCUT2D eigenvalue weighted by Crippen LogP contribution is -2.26. The summed E-state index contributed by atoms with van der Waals surface area (Å²) in [5, 5.41) is 8.87. The van der Waals surface area contributed by atoms with E-state index in [1.54, 1.807) is 42.5 Å². The first kappa shape index (κ1) is 19.2. The molecule has 0 aliphatic heterocycles. The van der Waals surface area contributed by atoms with Crippen molar-refractivity contribution in [2.24, 2.45) is 0 Å². The SMILES string of the molecule is O=C(Nc1ccc(F)cc1F)c1c(-c2ccccc2)c(-c2ccccc2)n[nH]c1=O. The topological polar surface area (TPSA) is 74.8 Å². The molecule has 0 saturated heterocycles. The maximum atomic E-state index is 14.0. The van der Waals surface area contributed by atoms with Crippen LogP contribution in [0.25, 0.3) is 22.4 Å². The van der Waals surface area contributed by atoms with Crippen LogP contribution >= 0.6 is 0 Å². The second-order valence-electron chi connectivity index (χ2n) is 6.46. The Balaban J connectivity index is 1.90. The predicted molar refractivity (Wildman–Crippen MR) is 110 cm³/mol. The van der Waals surface area contributed by atoms with Gasteiger partial charge in [0, 0.05) is 17.2 Å². The molecule has 0 aliphatic carbocycles. The van der Waals surface area contributed by atoms with Crippen LogP contribution in [0, 0.1) is 11.6 Å². The molecule has 1 aromatic heterocycles. The molecule has 0 spiro atoms. The number of nitrogens with one attached hydrogen (secondary N) is 2. The van der Waals surface area contributed by atoms with Gasteiger partial charge in [0.25, 0.3) is 11.5 Å². The third-order valence-corrected chi connectivity index (χ3v) is 4.50. The zero-order valence-electron chi connectivity index (χ0n) is 15.5. The average Bonchev–Trinajstić information content (AvgIpc) is 2.76. The van der Waals surface area contributed by atoms with Gasteiger partial charge < -0.3 is 5.32 Å². The average molecular weight is 403 g/mol. The molecule has 3 aromatic carbocycles. The Morgan fingerprint density at radius 2 is 1.50 bits per heavy atom. The number of halogens is 2. The van der Waals surface area contributed by atoms with Crippen molar-refractivity contribution in [1.29, 1.82) is 0 Å². The monoisotopic (exact) mass is 403 g/mol. The second kappa shape index (κ2) is 8.08. The molecule has 0 bridgehead atoms. The Morgan fingerprint density at radius 1 is 0.867 bits per heavy atom. The summed E-state index contributed by atoms with van der Waals surface area (Å²) in [6, 6.07) is 20.7. The van der Waals surface area contributed by atoms with Gasteiger partial charge in [-0.05, 0) is 17.7 Å². The van der Waals surface area contributed by atoms with Crippen molar-refractivity contribution >= 4 is 11.6 Å². The van der Waals surface area contributed by atoms with Crippen molar-refractivity contribution < 1.29 is 13.6 Å². The number of amides is 1. The number of rotatable bonds is 4. The summed E-state index contributed by atoms with van der Waals surface area (Å²) in [6.07, 6.45) is 0. The van der Waals surface area contributed by atoms with Gasteiger partial charge in [0.15, 0.2) is 0 Å². The quantitative estimate of drug-likeness (QED) is 0.522. The van der Waals surface area contributed by atoms with E-state index in [-0.39, 0.29) is 11.3 Å². The molecular formula is C23H15F2N3O2. The zero-order valence-corrected chi connectivity index (χ0v) is 15.5. The van der Waals surface area contributed by atoms with Gasteiger partial charge in [-0.25, -0.2) is 13.9 Å². The largest absolute Gasteiger partial charge is 0.319 e. The summed E-state index contributed by atoms with van der Waals surface area (Å²) >= 11 is 0. The van der Waals surface area contributed by atoms with Crippen LogP contribution in [-0.2, 0) is 0 Å². The molecule has 5 nitrogen and oxygen atoms in total. The van der Waals surface area contributed by atoms with Gasteiger partial charge in [-0.2, -0.15) is 5.10 Å². The molecule has 4 aromatic rings. The van der Waals surface area contributed by atoms with Gasteiger partial charge in [0.05, 0.1) is 11.4 Å². The summed E-state index contributed by atoms with van der Waals surface area (Å²) < 4.78 is 27.2. The van der Waals surface area contributed by atoms with E-state index in [9.17, 15) is 18.4 Å². The van der Waals surface area contributed by atoms with Gasteiger partial charge in [0.1, 0.15) is 17.2 Å². The van der Waals surface area contributed by atoms with Crippen LogP contribution in [0.15, 0.2) is 83.7 Å². The van der Waals surface area contributed by atoms with Crippen LogP contribution in [0.5, 0.6) is 0 Å². The van der Waals surface area contributed by atoms with Crippen LogP contribution in [0.2, 0.25) is 0 Å². The minimum atomic E-state index is -0.946. The Kier molecular flexibility index (Phi) is 5.17. The fourth-order valence-electron chi connectivity index (χ4n) is 3.13. The lowest BCUT2D eigenvalue weighted by atomic mass is 9.95. The van der Waals surface area contributed by atoms with Crippen LogP contribution in [0.1, 0.15) is 10.4 Å². The van der Waals surface area contributed by atoms with E-state index < -0.39 is 23.1 Å². The van der Waals surface area contributed by atoms with E-state index in [0.29, 0.717) is 28.5 Å². The van der Waals surface area contributed by atoms with Crippen molar-refractivity contribution in [3.8, 4) is 22.4 Å². The van der Waals surface area contributed by atoms with E-state index in [2.05, 4.69) is 15.5 Å². The van der Waals surface area contributed by atoms with Gasteiger partial charge in [-0.3, -0.25) is 9.59 Å². The first-order valence-corrected chi connectivity index (χ1v) is 9.04. The normalized spacial score (nSPS) is 10.6. The molecule has 0 unspecified atom stereocenters. The number of carbonyl (C=O) groups excluding carboxylic acids is 1. The minimum Gasteiger partial charge on any atom is -0.319 e. The van der Waals surface area contributed by atoms with Crippen molar-refractivity contribution in [3.05, 3.63) is 106 Å². The summed E-state index contributed by atoms with van der Waals surface area (Å²) in [5.74, 6) is -2.55. The maximum Gasteiger partial charge on any atom is 0.277 e. The summed E-state index contributed by atoms with van der Waals surface area (Å²) in [4.78, 5) is 25.7. The van der Waals surface area contributed by atoms with E-state index in [1.165, 1.54) is 0 Å². The number of anilines is 1. The van der Waals surface area contributed by atoms with E-state index in [0.717, 1.165) is 12.1 Å². The number of aromatic amines is 1. The Labute approximate surface area is 170 Å². The molecule has 148 valence electrons. The number of hydrogen-bond donors (Lipinski definition) is 2. The van der Waals surface area contributed by atoms with Crippen molar-refractivity contribution in [2.75, 3.05) is 5.32 Å². The number of aromatic nitrogens is 2. The molecule has 1 amide bonds. The van der Waals surface area contributed by atoms with Gasteiger partial charge in [0.2, 0.25) is 0 Å². The molecule has 0 radical (unpaired) electrons. The third-order valence-electron chi connectivity index (χ3n) is 4.50. The third kappa shape index (κ3) is 3.73. The summed E-state index contributed by atoms with van der Waals surface area (Å²) in [6.45, 7) is 0. The van der Waals surface area contributed by atoms with Crippen LogP contribution in [0.4, 0.5) is 14.5 Å². The van der Waals surface area contributed by atoms with Gasteiger partial charge >= 0.3 is 0 Å². The van der Waals surface area contributed by atoms with Crippen molar-refractivity contribution in [2.45, 2.75) is 0 Å². The van der Waals surface area contributed by atoms with Crippen molar-refractivity contribution in [3.63, 3.8) is 0 Å². The Morgan fingerprint density at radius 3 is 2.13 bits per heavy atom. The second-order valence-corrected chi connectivity index (χ2v) is 6.46. The highest BCUT2D eigenvalue weighted by atomic mass is 19.1.